The molecule has 1 aliphatic heterocycles. The van der Waals surface area contributed by atoms with Gasteiger partial charge < -0.3 is 10.4 Å². The number of aromatic carboxylic acids is 1. The summed E-state index contributed by atoms with van der Waals surface area (Å²) in [6, 6.07) is 11.3. The molecule has 1 atom stereocenters. The van der Waals surface area contributed by atoms with E-state index in [1.807, 2.05) is 0 Å². The Labute approximate surface area is 149 Å². The molecule has 0 radical (unpaired) electrons. The summed E-state index contributed by atoms with van der Waals surface area (Å²) >= 11 is 0. The van der Waals surface area contributed by atoms with Crippen LogP contribution in [0.2, 0.25) is 0 Å². The van der Waals surface area contributed by atoms with Crippen molar-refractivity contribution in [1.29, 1.82) is 0 Å². The number of nitrogens with zero attached hydrogens (tertiary/aromatic N) is 1. The van der Waals surface area contributed by atoms with Crippen molar-refractivity contribution in [3.8, 4) is 0 Å². The second-order valence-corrected chi connectivity index (χ2v) is 7.42. The molecule has 2 aromatic carbocycles. The zero-order valence-corrected chi connectivity index (χ0v) is 14.1. The number of hydrogen-bond donors (Lipinski definition) is 2. The lowest BCUT2D eigenvalue weighted by Crippen LogP contribution is -2.37. The number of rotatable bonds is 5. The Morgan fingerprint density at radius 3 is 2.42 bits per heavy atom. The van der Waals surface area contributed by atoms with E-state index in [-0.39, 0.29) is 16.3 Å². The van der Waals surface area contributed by atoms with Gasteiger partial charge in [-0.1, -0.05) is 36.4 Å². The van der Waals surface area contributed by atoms with Crippen LogP contribution in [0.3, 0.4) is 0 Å². The van der Waals surface area contributed by atoms with Crippen LogP contribution in [0.4, 0.5) is 4.79 Å². The third-order valence-corrected chi connectivity index (χ3v) is 5.56. The standard InChI is InChI=1S/C17H14N2O6S/c20-15-14(9-11-5-2-1-3-6-11)18-17(23)19(15)26(24,25)13-8-4-7-12(10-13)16(21)22/h1-8,10,14H,9H2,(H,18,23)(H,21,22)/t14-/m0/s1. The smallest absolute Gasteiger partial charge is 0.339 e. The number of sulfonamides is 1. The van der Waals surface area contributed by atoms with Crippen molar-refractivity contribution in [2.45, 2.75) is 17.4 Å². The quantitative estimate of drug-likeness (QED) is 0.760. The number of nitrogens with one attached hydrogen (secondary N) is 1. The van der Waals surface area contributed by atoms with Gasteiger partial charge in [0.15, 0.2) is 0 Å². The molecule has 0 aliphatic carbocycles. The highest BCUT2D eigenvalue weighted by Crippen LogP contribution is 2.22. The highest BCUT2D eigenvalue weighted by atomic mass is 32.2. The van der Waals surface area contributed by atoms with E-state index < -0.39 is 38.9 Å². The second-order valence-electron chi connectivity index (χ2n) is 5.63. The zero-order chi connectivity index (χ0) is 18.9. The lowest BCUT2D eigenvalue weighted by Gasteiger charge is -2.14. The Morgan fingerprint density at radius 1 is 1.08 bits per heavy atom. The van der Waals surface area contributed by atoms with Gasteiger partial charge in [-0.2, -0.15) is 0 Å². The molecule has 1 heterocycles. The van der Waals surface area contributed by atoms with Crippen molar-refractivity contribution < 1.29 is 27.9 Å². The summed E-state index contributed by atoms with van der Waals surface area (Å²) in [4.78, 5) is 35.2. The third kappa shape index (κ3) is 3.16. The van der Waals surface area contributed by atoms with E-state index in [0.29, 0.717) is 0 Å². The summed E-state index contributed by atoms with van der Waals surface area (Å²) in [5, 5.41) is 11.4. The van der Waals surface area contributed by atoms with Crippen molar-refractivity contribution >= 4 is 27.9 Å². The lowest BCUT2D eigenvalue weighted by molar-refractivity contribution is -0.124. The first-order chi connectivity index (χ1) is 12.3. The minimum atomic E-state index is -4.51. The van der Waals surface area contributed by atoms with Gasteiger partial charge in [0, 0.05) is 6.42 Å². The van der Waals surface area contributed by atoms with E-state index in [2.05, 4.69) is 5.32 Å². The number of carbonyl (C=O) groups excluding carboxylic acids is 2. The van der Waals surface area contributed by atoms with Gasteiger partial charge >= 0.3 is 12.0 Å². The van der Waals surface area contributed by atoms with Crippen LogP contribution in [-0.4, -0.2) is 41.8 Å². The summed E-state index contributed by atoms with van der Waals surface area (Å²) in [5.74, 6) is -2.22. The summed E-state index contributed by atoms with van der Waals surface area (Å²) in [6.45, 7) is 0. The van der Waals surface area contributed by atoms with E-state index in [1.54, 1.807) is 30.3 Å². The van der Waals surface area contributed by atoms with Gasteiger partial charge in [0.2, 0.25) is 0 Å². The summed E-state index contributed by atoms with van der Waals surface area (Å²) in [7, 11) is -4.51. The summed E-state index contributed by atoms with van der Waals surface area (Å²) in [5.41, 5.74) is 0.497. The first-order valence-corrected chi connectivity index (χ1v) is 9.01. The Morgan fingerprint density at radius 2 is 1.77 bits per heavy atom. The van der Waals surface area contributed by atoms with Gasteiger partial charge in [0.25, 0.3) is 15.9 Å². The van der Waals surface area contributed by atoms with Gasteiger partial charge in [-0.05, 0) is 23.8 Å². The zero-order valence-electron chi connectivity index (χ0n) is 13.3. The minimum Gasteiger partial charge on any atom is -0.478 e. The molecule has 0 spiro atoms. The largest absolute Gasteiger partial charge is 0.478 e. The van der Waals surface area contributed by atoms with Crippen LogP contribution in [-0.2, 0) is 21.2 Å². The second kappa shape index (κ2) is 6.60. The molecule has 8 nitrogen and oxygen atoms in total. The van der Waals surface area contributed by atoms with Crippen LogP contribution in [0, 0.1) is 0 Å². The first kappa shape index (κ1) is 17.6. The summed E-state index contributed by atoms with van der Waals surface area (Å²) < 4.78 is 25.5. The molecule has 2 N–H and O–H groups in total. The Hall–Kier alpha value is -3.20. The van der Waals surface area contributed by atoms with E-state index in [4.69, 9.17) is 5.11 Å². The first-order valence-electron chi connectivity index (χ1n) is 7.57. The average Bonchev–Trinajstić information content (AvgIpc) is 2.90. The van der Waals surface area contributed by atoms with Crippen molar-refractivity contribution in [2.75, 3.05) is 0 Å². The molecule has 1 aliphatic rings. The molecule has 0 saturated carbocycles. The topological polar surface area (TPSA) is 121 Å². The molecule has 26 heavy (non-hydrogen) atoms. The molecular formula is C17H14N2O6S. The average molecular weight is 374 g/mol. The Balaban J connectivity index is 1.90. The van der Waals surface area contributed by atoms with Crippen molar-refractivity contribution in [3.63, 3.8) is 0 Å². The fraction of sp³-hybridized carbons (Fsp3) is 0.118. The van der Waals surface area contributed by atoms with Crippen LogP contribution >= 0.6 is 0 Å². The van der Waals surface area contributed by atoms with Crippen LogP contribution in [0.1, 0.15) is 15.9 Å². The molecule has 2 aromatic rings. The summed E-state index contributed by atoms with van der Waals surface area (Å²) in [6.07, 6.45) is 0.145. The number of carboxylic acids is 1. The predicted octanol–water partition coefficient (Wildman–Crippen LogP) is 1.24. The molecule has 0 aromatic heterocycles. The number of amides is 3. The van der Waals surface area contributed by atoms with Crippen molar-refractivity contribution in [2.24, 2.45) is 0 Å². The monoisotopic (exact) mass is 374 g/mol. The SMILES string of the molecule is O=C(O)c1cccc(S(=O)(=O)N2C(=O)N[C@@H](Cc3ccccc3)C2=O)c1. The highest BCUT2D eigenvalue weighted by molar-refractivity contribution is 7.90. The molecule has 134 valence electrons. The lowest BCUT2D eigenvalue weighted by atomic mass is 10.1. The number of urea groups is 1. The number of carbonyl (C=O) groups is 3. The van der Waals surface area contributed by atoms with E-state index in [0.717, 1.165) is 17.7 Å². The van der Waals surface area contributed by atoms with Crippen LogP contribution in [0.5, 0.6) is 0 Å². The van der Waals surface area contributed by atoms with Crippen LogP contribution in [0.15, 0.2) is 59.5 Å². The minimum absolute atomic E-state index is 0.145. The molecule has 3 amide bonds. The molecule has 0 bridgehead atoms. The fourth-order valence-electron chi connectivity index (χ4n) is 2.62. The van der Waals surface area contributed by atoms with Gasteiger partial charge in [-0.25, -0.2) is 18.0 Å². The molecule has 9 heteroatoms. The Bertz CT molecular complexity index is 987. The molecule has 0 unspecified atom stereocenters. The predicted molar refractivity (Wildman–Crippen MR) is 89.9 cm³/mol. The van der Waals surface area contributed by atoms with Crippen molar-refractivity contribution in [1.82, 2.24) is 9.62 Å². The van der Waals surface area contributed by atoms with Crippen LogP contribution in [0.25, 0.3) is 0 Å². The van der Waals surface area contributed by atoms with Gasteiger partial charge in [-0.3, -0.25) is 4.79 Å². The Kier molecular flexibility index (Phi) is 4.47. The number of imide groups is 1. The fourth-order valence-corrected chi connectivity index (χ4v) is 3.99. The maximum Gasteiger partial charge on any atom is 0.339 e. The van der Waals surface area contributed by atoms with Gasteiger partial charge in [-0.15, -0.1) is 4.31 Å². The van der Waals surface area contributed by atoms with E-state index in [1.165, 1.54) is 12.1 Å². The number of carboxylic acid groups (broad SMARTS) is 1. The molecule has 3 rings (SSSR count). The van der Waals surface area contributed by atoms with Gasteiger partial charge in [0.05, 0.1) is 10.5 Å². The molecular weight excluding hydrogens is 360 g/mol. The van der Waals surface area contributed by atoms with Crippen molar-refractivity contribution in [3.05, 3.63) is 65.7 Å². The number of benzene rings is 2. The third-order valence-electron chi connectivity index (χ3n) is 3.88. The number of hydrogen-bond acceptors (Lipinski definition) is 5. The maximum atomic E-state index is 12.7. The highest BCUT2D eigenvalue weighted by Gasteiger charge is 2.46. The molecule has 1 fully saturated rings. The van der Waals surface area contributed by atoms with E-state index >= 15 is 0 Å². The van der Waals surface area contributed by atoms with Crippen LogP contribution < -0.4 is 5.32 Å². The van der Waals surface area contributed by atoms with Gasteiger partial charge in [0.1, 0.15) is 6.04 Å². The molecule has 1 saturated heterocycles. The maximum absolute atomic E-state index is 12.7. The van der Waals surface area contributed by atoms with E-state index in [9.17, 15) is 22.8 Å². The normalized spacial score (nSPS) is 17.2.